The van der Waals surface area contributed by atoms with E-state index in [0.29, 0.717) is 0 Å². The summed E-state index contributed by atoms with van der Waals surface area (Å²) in [6.07, 6.45) is 5.30. The molecule has 1 atom stereocenters. The van der Waals surface area contributed by atoms with E-state index in [1.54, 1.807) is 18.6 Å². The third-order valence-electron chi connectivity index (χ3n) is 2.03. The summed E-state index contributed by atoms with van der Waals surface area (Å²) in [7, 11) is 0. The molecular formula is C10H12N4. The minimum absolute atomic E-state index is 0.210. The number of pyridine rings is 1. The minimum Gasteiger partial charge on any atom is -0.376 e. The van der Waals surface area contributed by atoms with Crippen LogP contribution in [0.4, 0.5) is 5.69 Å². The average molecular weight is 188 g/mol. The Morgan fingerprint density at radius 3 is 2.93 bits per heavy atom. The van der Waals surface area contributed by atoms with E-state index < -0.39 is 0 Å². The second-order valence-corrected chi connectivity index (χ2v) is 3.12. The van der Waals surface area contributed by atoms with Gasteiger partial charge in [0.2, 0.25) is 0 Å². The molecule has 0 spiro atoms. The highest BCUT2D eigenvalue weighted by Crippen LogP contribution is 2.15. The van der Waals surface area contributed by atoms with Crippen molar-refractivity contribution in [1.82, 2.24) is 15.2 Å². The molecule has 0 saturated carbocycles. The zero-order valence-electron chi connectivity index (χ0n) is 7.94. The van der Waals surface area contributed by atoms with Gasteiger partial charge in [-0.3, -0.25) is 10.1 Å². The third kappa shape index (κ3) is 1.90. The fourth-order valence-corrected chi connectivity index (χ4v) is 1.28. The van der Waals surface area contributed by atoms with Crippen molar-refractivity contribution in [2.24, 2.45) is 0 Å². The maximum absolute atomic E-state index is 4.03. The van der Waals surface area contributed by atoms with Crippen molar-refractivity contribution in [3.8, 4) is 0 Å². The van der Waals surface area contributed by atoms with Crippen molar-refractivity contribution in [3.05, 3.63) is 42.5 Å². The molecule has 4 nitrogen and oxygen atoms in total. The van der Waals surface area contributed by atoms with Crippen LogP contribution < -0.4 is 5.32 Å². The molecule has 0 fully saturated rings. The van der Waals surface area contributed by atoms with Crippen LogP contribution in [0.2, 0.25) is 0 Å². The van der Waals surface area contributed by atoms with Crippen LogP contribution in [0.5, 0.6) is 0 Å². The molecule has 14 heavy (non-hydrogen) atoms. The number of anilines is 1. The van der Waals surface area contributed by atoms with Crippen molar-refractivity contribution >= 4 is 5.69 Å². The monoisotopic (exact) mass is 188 g/mol. The number of rotatable bonds is 3. The Kier molecular flexibility index (Phi) is 2.44. The van der Waals surface area contributed by atoms with Crippen molar-refractivity contribution in [2.75, 3.05) is 5.32 Å². The van der Waals surface area contributed by atoms with Gasteiger partial charge in [-0.05, 0) is 25.1 Å². The van der Waals surface area contributed by atoms with E-state index in [4.69, 9.17) is 0 Å². The first-order chi connectivity index (χ1) is 6.86. The highest BCUT2D eigenvalue weighted by molar-refractivity contribution is 5.41. The quantitative estimate of drug-likeness (QED) is 0.774. The molecule has 2 rings (SSSR count). The number of nitrogens with one attached hydrogen (secondary N) is 2. The third-order valence-corrected chi connectivity index (χ3v) is 2.03. The first kappa shape index (κ1) is 8.74. The van der Waals surface area contributed by atoms with Crippen molar-refractivity contribution < 1.29 is 0 Å². The summed E-state index contributed by atoms with van der Waals surface area (Å²) in [6.45, 7) is 2.07. The number of hydrogen-bond acceptors (Lipinski definition) is 3. The van der Waals surface area contributed by atoms with Crippen LogP contribution in [0.15, 0.2) is 36.8 Å². The Balaban J connectivity index is 2.06. The molecule has 1 unspecified atom stereocenters. The van der Waals surface area contributed by atoms with Gasteiger partial charge in [-0.1, -0.05) is 0 Å². The summed E-state index contributed by atoms with van der Waals surface area (Å²) >= 11 is 0. The first-order valence-electron chi connectivity index (χ1n) is 4.52. The highest BCUT2D eigenvalue weighted by atomic mass is 15.1. The number of nitrogens with zero attached hydrogens (tertiary/aromatic N) is 2. The molecule has 2 heterocycles. The Bertz CT molecular complexity index is 368. The maximum atomic E-state index is 4.03. The summed E-state index contributed by atoms with van der Waals surface area (Å²) in [5, 5.41) is 10.1. The lowest BCUT2D eigenvalue weighted by Gasteiger charge is -2.12. The summed E-state index contributed by atoms with van der Waals surface area (Å²) in [6, 6.07) is 6.05. The smallest absolute Gasteiger partial charge is 0.0651 e. The van der Waals surface area contributed by atoms with E-state index in [9.17, 15) is 0 Å². The molecule has 0 radical (unpaired) electrons. The average Bonchev–Trinajstić information content (AvgIpc) is 2.72. The highest BCUT2D eigenvalue weighted by Gasteiger charge is 2.05. The fourth-order valence-electron chi connectivity index (χ4n) is 1.28. The lowest BCUT2D eigenvalue weighted by Crippen LogP contribution is -2.06. The molecule has 0 aromatic carbocycles. The molecule has 0 saturated heterocycles. The van der Waals surface area contributed by atoms with Crippen molar-refractivity contribution in [3.63, 3.8) is 0 Å². The second-order valence-electron chi connectivity index (χ2n) is 3.12. The lowest BCUT2D eigenvalue weighted by molar-refractivity contribution is 0.824. The van der Waals surface area contributed by atoms with Gasteiger partial charge in [-0.2, -0.15) is 5.10 Å². The molecule has 2 aromatic rings. The van der Waals surface area contributed by atoms with Gasteiger partial charge >= 0.3 is 0 Å². The standard InChI is InChI=1S/C10H12N4/c1-8(10-4-6-12-14-10)13-9-3-2-5-11-7-9/h2-8,13H,1H3,(H,12,14). The van der Waals surface area contributed by atoms with E-state index in [1.165, 1.54) is 0 Å². The maximum Gasteiger partial charge on any atom is 0.0651 e. The lowest BCUT2D eigenvalue weighted by atomic mass is 10.2. The van der Waals surface area contributed by atoms with Gasteiger partial charge in [-0.25, -0.2) is 0 Å². The van der Waals surface area contributed by atoms with E-state index in [0.717, 1.165) is 11.4 Å². The van der Waals surface area contributed by atoms with Crippen LogP contribution >= 0.6 is 0 Å². The largest absolute Gasteiger partial charge is 0.376 e. The zero-order valence-corrected chi connectivity index (χ0v) is 7.94. The van der Waals surface area contributed by atoms with Crippen molar-refractivity contribution in [1.29, 1.82) is 0 Å². The van der Waals surface area contributed by atoms with Gasteiger partial charge in [0.1, 0.15) is 0 Å². The molecule has 0 aliphatic carbocycles. The molecule has 0 amide bonds. The fraction of sp³-hybridized carbons (Fsp3) is 0.200. The van der Waals surface area contributed by atoms with Gasteiger partial charge in [0.15, 0.2) is 0 Å². The van der Waals surface area contributed by atoms with Gasteiger partial charge in [0, 0.05) is 18.6 Å². The van der Waals surface area contributed by atoms with Crippen LogP contribution in [-0.4, -0.2) is 15.2 Å². The summed E-state index contributed by atoms with van der Waals surface area (Å²) in [5.41, 5.74) is 2.07. The van der Waals surface area contributed by atoms with Crippen LogP contribution in [0, 0.1) is 0 Å². The molecule has 2 aromatic heterocycles. The number of hydrogen-bond donors (Lipinski definition) is 2. The Hall–Kier alpha value is -1.84. The van der Waals surface area contributed by atoms with Gasteiger partial charge in [-0.15, -0.1) is 0 Å². The van der Waals surface area contributed by atoms with E-state index in [1.807, 2.05) is 18.2 Å². The molecule has 0 aliphatic heterocycles. The number of aromatic nitrogens is 3. The summed E-state index contributed by atoms with van der Waals surface area (Å²) in [4.78, 5) is 4.03. The van der Waals surface area contributed by atoms with Crippen LogP contribution in [0.1, 0.15) is 18.7 Å². The second kappa shape index (κ2) is 3.91. The Labute approximate surface area is 82.4 Å². The zero-order chi connectivity index (χ0) is 9.80. The molecule has 0 bridgehead atoms. The Morgan fingerprint density at radius 2 is 2.29 bits per heavy atom. The number of H-pyrrole nitrogens is 1. The van der Waals surface area contributed by atoms with Crippen LogP contribution in [-0.2, 0) is 0 Å². The van der Waals surface area contributed by atoms with Crippen LogP contribution in [0.3, 0.4) is 0 Å². The predicted molar refractivity (Wildman–Crippen MR) is 54.9 cm³/mol. The molecule has 2 N–H and O–H groups in total. The Morgan fingerprint density at radius 1 is 1.36 bits per heavy atom. The van der Waals surface area contributed by atoms with E-state index in [2.05, 4.69) is 27.4 Å². The summed E-state index contributed by atoms with van der Waals surface area (Å²) < 4.78 is 0. The normalized spacial score (nSPS) is 12.4. The molecule has 4 heteroatoms. The first-order valence-corrected chi connectivity index (χ1v) is 4.52. The van der Waals surface area contributed by atoms with Gasteiger partial charge in [0.25, 0.3) is 0 Å². The number of aromatic amines is 1. The SMILES string of the molecule is CC(Nc1cccnc1)c1ccn[nH]1. The van der Waals surface area contributed by atoms with Gasteiger partial charge < -0.3 is 5.32 Å². The molecule has 0 aliphatic rings. The van der Waals surface area contributed by atoms with Crippen LogP contribution in [0.25, 0.3) is 0 Å². The molecular weight excluding hydrogens is 176 g/mol. The predicted octanol–water partition coefficient (Wildman–Crippen LogP) is 1.98. The van der Waals surface area contributed by atoms with E-state index in [-0.39, 0.29) is 6.04 Å². The van der Waals surface area contributed by atoms with Crippen molar-refractivity contribution in [2.45, 2.75) is 13.0 Å². The molecule has 72 valence electrons. The summed E-state index contributed by atoms with van der Waals surface area (Å²) in [5.74, 6) is 0. The topological polar surface area (TPSA) is 53.6 Å². The van der Waals surface area contributed by atoms with E-state index >= 15 is 0 Å². The van der Waals surface area contributed by atoms with Gasteiger partial charge in [0.05, 0.1) is 17.4 Å². The minimum atomic E-state index is 0.210.